The molecule has 9 heteroatoms. The SMILES string of the molecule is COCCOC(=O)c1c(C)oc2ccc(OC(=O)c3ccc(N([O-])O)cc3)cc12. The molecule has 0 spiro atoms. The molecule has 1 aromatic heterocycles. The van der Waals surface area contributed by atoms with Gasteiger partial charge in [-0.05, 0) is 49.4 Å². The number of hydrogen-bond acceptors (Lipinski definition) is 9. The first-order valence-corrected chi connectivity index (χ1v) is 8.58. The van der Waals surface area contributed by atoms with Crippen molar-refractivity contribution in [2.45, 2.75) is 6.92 Å². The normalized spacial score (nSPS) is 10.8. The molecule has 0 aliphatic carbocycles. The van der Waals surface area contributed by atoms with Crippen molar-refractivity contribution in [2.24, 2.45) is 0 Å². The van der Waals surface area contributed by atoms with E-state index in [0.717, 1.165) is 0 Å². The summed E-state index contributed by atoms with van der Waals surface area (Å²) in [6, 6.07) is 9.88. The van der Waals surface area contributed by atoms with Crippen LogP contribution in [0.25, 0.3) is 11.0 Å². The van der Waals surface area contributed by atoms with Crippen LogP contribution in [-0.4, -0.2) is 37.5 Å². The first-order chi connectivity index (χ1) is 13.9. The van der Waals surface area contributed by atoms with E-state index in [4.69, 9.17) is 23.8 Å². The van der Waals surface area contributed by atoms with Crippen LogP contribution in [0.3, 0.4) is 0 Å². The Hall–Kier alpha value is -3.40. The fourth-order valence-corrected chi connectivity index (χ4v) is 2.70. The van der Waals surface area contributed by atoms with Crippen LogP contribution in [-0.2, 0) is 9.47 Å². The Kier molecular flexibility index (Phi) is 6.13. The maximum absolute atomic E-state index is 12.4. The predicted molar refractivity (Wildman–Crippen MR) is 102 cm³/mol. The molecule has 0 radical (unpaired) electrons. The molecule has 3 rings (SSSR count). The van der Waals surface area contributed by atoms with Gasteiger partial charge in [-0.1, -0.05) is 0 Å². The Labute approximate surface area is 165 Å². The zero-order chi connectivity index (χ0) is 21.0. The molecule has 0 atom stereocenters. The summed E-state index contributed by atoms with van der Waals surface area (Å²) < 4.78 is 20.9. The number of hydrogen-bond donors (Lipinski definition) is 1. The third-order valence-corrected chi connectivity index (χ3v) is 4.09. The lowest BCUT2D eigenvalue weighted by atomic mass is 10.1. The third-order valence-electron chi connectivity index (χ3n) is 4.09. The van der Waals surface area contributed by atoms with Gasteiger partial charge >= 0.3 is 11.9 Å². The number of carbonyl (C=O) groups is 2. The van der Waals surface area contributed by atoms with Crippen molar-refractivity contribution in [3.8, 4) is 5.75 Å². The zero-order valence-corrected chi connectivity index (χ0v) is 15.7. The highest BCUT2D eigenvalue weighted by Gasteiger charge is 2.21. The molecule has 29 heavy (non-hydrogen) atoms. The van der Waals surface area contributed by atoms with Gasteiger partial charge < -0.3 is 29.1 Å². The lowest BCUT2D eigenvalue weighted by molar-refractivity contribution is 0.0388. The van der Waals surface area contributed by atoms with E-state index in [-0.39, 0.29) is 41.0 Å². The fourth-order valence-electron chi connectivity index (χ4n) is 2.70. The third kappa shape index (κ3) is 4.54. The van der Waals surface area contributed by atoms with E-state index < -0.39 is 11.9 Å². The lowest BCUT2D eigenvalue weighted by Gasteiger charge is -2.21. The summed E-state index contributed by atoms with van der Waals surface area (Å²) in [7, 11) is 1.50. The molecule has 3 aromatic rings. The summed E-state index contributed by atoms with van der Waals surface area (Å²) in [5.41, 5.74) is 0.854. The monoisotopic (exact) mass is 400 g/mol. The van der Waals surface area contributed by atoms with Crippen molar-refractivity contribution in [3.63, 3.8) is 0 Å². The predicted octanol–water partition coefficient (Wildman–Crippen LogP) is 3.46. The van der Waals surface area contributed by atoms with Crippen LogP contribution < -0.4 is 9.96 Å². The van der Waals surface area contributed by atoms with Crippen molar-refractivity contribution in [3.05, 3.63) is 64.6 Å². The van der Waals surface area contributed by atoms with Crippen LogP contribution in [0, 0.1) is 12.1 Å². The Morgan fingerprint density at radius 1 is 1.10 bits per heavy atom. The Bertz CT molecular complexity index is 1020. The van der Waals surface area contributed by atoms with E-state index in [9.17, 15) is 14.8 Å². The molecule has 9 nitrogen and oxygen atoms in total. The Balaban J connectivity index is 1.82. The highest BCUT2D eigenvalue weighted by atomic mass is 16.8. The number of nitrogens with zero attached hydrogens (tertiary/aromatic N) is 1. The standard InChI is InChI=1S/C20H18NO8/c1-12-18(20(23)27-10-9-26-2)16-11-15(7-8-17(16)28-12)29-19(22)13-3-5-14(6-4-13)21(24)25/h3-8,11,24H,9-10H2,1-2H3/q-1. The number of anilines is 1. The Morgan fingerprint density at radius 3 is 2.48 bits per heavy atom. The second-order valence-corrected chi connectivity index (χ2v) is 6.03. The number of carbonyl (C=O) groups excluding carboxylic acids is 2. The largest absolute Gasteiger partial charge is 0.733 e. The van der Waals surface area contributed by atoms with E-state index in [2.05, 4.69) is 0 Å². The molecule has 1 heterocycles. The molecule has 0 saturated carbocycles. The van der Waals surface area contributed by atoms with Gasteiger partial charge in [-0.25, -0.2) is 9.59 Å². The van der Waals surface area contributed by atoms with E-state index in [1.807, 2.05) is 0 Å². The second kappa shape index (κ2) is 8.74. The number of methoxy groups -OCH3 is 1. The second-order valence-electron chi connectivity index (χ2n) is 6.03. The molecule has 152 valence electrons. The van der Waals surface area contributed by atoms with Crippen LogP contribution in [0.15, 0.2) is 46.9 Å². The van der Waals surface area contributed by atoms with Crippen molar-refractivity contribution >= 4 is 28.6 Å². The molecule has 2 aromatic carbocycles. The molecule has 0 bridgehead atoms. The molecule has 0 unspecified atom stereocenters. The zero-order valence-electron chi connectivity index (χ0n) is 15.7. The summed E-state index contributed by atoms with van der Waals surface area (Å²) in [4.78, 5) is 24.7. The first kappa shape index (κ1) is 20.3. The number of ether oxygens (including phenoxy) is 3. The highest BCUT2D eigenvalue weighted by molar-refractivity contribution is 6.05. The summed E-state index contributed by atoms with van der Waals surface area (Å²) >= 11 is 0. The molecule has 0 fully saturated rings. The minimum atomic E-state index is -0.671. The van der Waals surface area contributed by atoms with Crippen LogP contribution in [0.2, 0.25) is 0 Å². The maximum atomic E-state index is 12.4. The van der Waals surface area contributed by atoms with Crippen molar-refractivity contribution < 1.29 is 33.4 Å². The van der Waals surface area contributed by atoms with Gasteiger partial charge in [0.25, 0.3) is 0 Å². The molecule has 1 N–H and O–H groups in total. The summed E-state index contributed by atoms with van der Waals surface area (Å²) in [5.74, 6) is -0.655. The number of esters is 2. The van der Waals surface area contributed by atoms with Crippen LogP contribution in [0.4, 0.5) is 5.69 Å². The minimum Gasteiger partial charge on any atom is -0.733 e. The van der Waals surface area contributed by atoms with Gasteiger partial charge in [0, 0.05) is 12.5 Å². The molecule has 0 saturated heterocycles. The van der Waals surface area contributed by atoms with Gasteiger partial charge in [-0.3, -0.25) is 5.21 Å². The lowest BCUT2D eigenvalue weighted by Crippen LogP contribution is -2.11. The van der Waals surface area contributed by atoms with E-state index in [0.29, 0.717) is 16.7 Å². The van der Waals surface area contributed by atoms with Gasteiger partial charge in [0.05, 0.1) is 17.9 Å². The fraction of sp³-hybridized carbons (Fsp3) is 0.200. The average molecular weight is 400 g/mol. The highest BCUT2D eigenvalue weighted by Crippen LogP contribution is 2.30. The van der Waals surface area contributed by atoms with E-state index >= 15 is 0 Å². The summed E-state index contributed by atoms with van der Waals surface area (Å²) in [6.07, 6.45) is 0. The van der Waals surface area contributed by atoms with Gasteiger partial charge in [0.1, 0.15) is 29.3 Å². The van der Waals surface area contributed by atoms with Gasteiger partial charge in [-0.15, -0.1) is 0 Å². The van der Waals surface area contributed by atoms with Gasteiger partial charge in [0.15, 0.2) is 0 Å². The van der Waals surface area contributed by atoms with Crippen LogP contribution in [0.1, 0.15) is 26.5 Å². The van der Waals surface area contributed by atoms with E-state index in [1.165, 1.54) is 43.5 Å². The summed E-state index contributed by atoms with van der Waals surface area (Å²) in [6.45, 7) is 2.00. The Morgan fingerprint density at radius 2 is 1.83 bits per heavy atom. The number of fused-ring (bicyclic) bond motifs is 1. The molecule has 0 aliphatic rings. The van der Waals surface area contributed by atoms with Crippen LogP contribution in [0.5, 0.6) is 5.75 Å². The quantitative estimate of drug-likeness (QED) is 0.275. The number of aryl methyl sites for hydroxylation is 1. The molecular weight excluding hydrogens is 382 g/mol. The van der Waals surface area contributed by atoms with E-state index in [1.54, 1.807) is 13.0 Å². The molecule has 0 aliphatic heterocycles. The first-order valence-electron chi connectivity index (χ1n) is 8.58. The van der Waals surface area contributed by atoms with Crippen LogP contribution >= 0.6 is 0 Å². The smallest absolute Gasteiger partial charge is 0.343 e. The maximum Gasteiger partial charge on any atom is 0.343 e. The number of rotatable bonds is 7. The van der Waals surface area contributed by atoms with Crippen molar-refractivity contribution in [1.82, 2.24) is 0 Å². The number of benzene rings is 2. The van der Waals surface area contributed by atoms with Gasteiger partial charge in [-0.2, -0.15) is 0 Å². The summed E-state index contributed by atoms with van der Waals surface area (Å²) in [5, 5.41) is 19.8. The average Bonchev–Trinajstić information content (AvgIpc) is 3.03. The van der Waals surface area contributed by atoms with Gasteiger partial charge in [0.2, 0.25) is 0 Å². The minimum absolute atomic E-state index is 0.0199. The number of furan rings is 1. The molecule has 0 amide bonds. The van der Waals surface area contributed by atoms with Crippen molar-refractivity contribution in [1.29, 1.82) is 0 Å². The van der Waals surface area contributed by atoms with Crippen molar-refractivity contribution in [2.75, 3.05) is 25.6 Å². The topological polar surface area (TPSA) is 122 Å². The molecular formula is C20H18NO8-.